The van der Waals surface area contributed by atoms with Crippen LogP contribution in [0.2, 0.25) is 0 Å². The maximum Gasteiger partial charge on any atom is 0.275 e. The number of aromatic nitrogens is 1. The number of amides is 1. The highest BCUT2D eigenvalue weighted by Gasteiger charge is 2.15. The van der Waals surface area contributed by atoms with Gasteiger partial charge in [-0.05, 0) is 55.0 Å². The van der Waals surface area contributed by atoms with Crippen LogP contribution < -0.4 is 10.1 Å². The summed E-state index contributed by atoms with van der Waals surface area (Å²) >= 11 is 1.25. The molecule has 32 heavy (non-hydrogen) atoms. The molecule has 4 aromatic rings. The molecule has 4 nitrogen and oxygen atoms in total. The van der Waals surface area contributed by atoms with Crippen molar-refractivity contribution in [3.8, 4) is 16.3 Å². The fourth-order valence-corrected chi connectivity index (χ4v) is 3.76. The number of hydrogen-bond acceptors (Lipinski definition) is 4. The molecule has 0 radical (unpaired) electrons. The lowest BCUT2D eigenvalue weighted by atomic mass is 10.2. The molecule has 0 unspecified atom stereocenters. The SMILES string of the molecule is Cc1ccc(F)c(NC(=O)c2csc(-c3cccc(OCc4cc(F)ccc4F)c3)n2)c1. The summed E-state index contributed by atoms with van der Waals surface area (Å²) in [6, 6.07) is 14.5. The topological polar surface area (TPSA) is 51.2 Å². The molecule has 0 aliphatic carbocycles. The Labute approximate surface area is 186 Å². The van der Waals surface area contributed by atoms with Crippen LogP contribution in [0.15, 0.2) is 66.0 Å². The van der Waals surface area contributed by atoms with Gasteiger partial charge < -0.3 is 10.1 Å². The highest BCUT2D eigenvalue weighted by Crippen LogP contribution is 2.28. The molecule has 1 heterocycles. The summed E-state index contributed by atoms with van der Waals surface area (Å²) in [5.41, 5.74) is 1.85. The van der Waals surface area contributed by atoms with E-state index in [4.69, 9.17) is 4.74 Å². The van der Waals surface area contributed by atoms with Crippen LogP contribution in [-0.4, -0.2) is 10.9 Å². The fourth-order valence-electron chi connectivity index (χ4n) is 2.97. The number of carbonyl (C=O) groups is 1. The van der Waals surface area contributed by atoms with Gasteiger partial charge in [-0.1, -0.05) is 18.2 Å². The standard InChI is InChI=1S/C24H17F3N2O2S/c1-14-5-7-20(27)21(9-14)28-23(30)22-13-32-24(29-22)15-3-2-4-18(11-15)31-12-16-10-17(25)6-8-19(16)26/h2-11,13H,12H2,1H3,(H,28,30). The number of halogens is 3. The Morgan fingerprint density at radius 2 is 1.84 bits per heavy atom. The molecule has 1 N–H and O–H groups in total. The maximum absolute atomic E-state index is 13.9. The zero-order chi connectivity index (χ0) is 22.7. The summed E-state index contributed by atoms with van der Waals surface area (Å²) in [5, 5.41) is 4.67. The molecule has 0 spiro atoms. The predicted octanol–water partition coefficient (Wildman–Crippen LogP) is 6.37. The third-order valence-electron chi connectivity index (χ3n) is 4.59. The molecule has 3 aromatic carbocycles. The number of benzene rings is 3. The summed E-state index contributed by atoms with van der Waals surface area (Å²) in [7, 11) is 0. The van der Waals surface area contributed by atoms with E-state index in [2.05, 4.69) is 10.3 Å². The molecule has 0 aliphatic rings. The second-order valence-electron chi connectivity index (χ2n) is 7.03. The third-order valence-corrected chi connectivity index (χ3v) is 5.48. The Kier molecular flexibility index (Phi) is 6.23. The molecule has 0 saturated heterocycles. The minimum absolute atomic E-state index is 0.0875. The number of ether oxygens (including phenoxy) is 1. The second kappa shape index (κ2) is 9.23. The highest BCUT2D eigenvalue weighted by molar-refractivity contribution is 7.13. The van der Waals surface area contributed by atoms with Gasteiger partial charge in [-0.2, -0.15) is 0 Å². The smallest absolute Gasteiger partial charge is 0.275 e. The monoisotopic (exact) mass is 454 g/mol. The number of rotatable bonds is 6. The molecule has 0 bridgehead atoms. The highest BCUT2D eigenvalue weighted by atomic mass is 32.1. The van der Waals surface area contributed by atoms with Crippen molar-refractivity contribution in [3.05, 3.63) is 100 Å². The minimum Gasteiger partial charge on any atom is -0.489 e. The Hall–Kier alpha value is -3.65. The van der Waals surface area contributed by atoms with E-state index in [-0.39, 0.29) is 23.6 Å². The van der Waals surface area contributed by atoms with Crippen LogP contribution in [0.3, 0.4) is 0 Å². The molecule has 0 fully saturated rings. The van der Waals surface area contributed by atoms with Crippen molar-refractivity contribution < 1.29 is 22.7 Å². The first-order valence-electron chi connectivity index (χ1n) is 9.59. The Balaban J connectivity index is 1.47. The number of anilines is 1. The molecule has 8 heteroatoms. The van der Waals surface area contributed by atoms with Gasteiger partial charge in [-0.3, -0.25) is 4.79 Å². The van der Waals surface area contributed by atoms with E-state index >= 15 is 0 Å². The van der Waals surface area contributed by atoms with Gasteiger partial charge in [-0.25, -0.2) is 18.2 Å². The van der Waals surface area contributed by atoms with Gasteiger partial charge in [0.15, 0.2) is 0 Å². The van der Waals surface area contributed by atoms with E-state index in [1.54, 1.807) is 48.7 Å². The molecule has 0 atom stereocenters. The van der Waals surface area contributed by atoms with E-state index in [0.29, 0.717) is 16.3 Å². The van der Waals surface area contributed by atoms with Crippen LogP contribution in [0, 0.1) is 24.4 Å². The molecule has 0 aliphatic heterocycles. The summed E-state index contributed by atoms with van der Waals surface area (Å²) < 4.78 is 46.6. The molecule has 162 valence electrons. The first kappa shape index (κ1) is 21.6. The number of hydrogen-bond donors (Lipinski definition) is 1. The summed E-state index contributed by atoms with van der Waals surface area (Å²) in [6.07, 6.45) is 0. The van der Waals surface area contributed by atoms with Crippen molar-refractivity contribution in [1.29, 1.82) is 0 Å². The van der Waals surface area contributed by atoms with Crippen LogP contribution >= 0.6 is 11.3 Å². The lowest BCUT2D eigenvalue weighted by molar-refractivity contribution is 0.102. The van der Waals surface area contributed by atoms with Crippen molar-refractivity contribution in [2.75, 3.05) is 5.32 Å². The van der Waals surface area contributed by atoms with Gasteiger partial charge >= 0.3 is 0 Å². The number of nitrogens with one attached hydrogen (secondary N) is 1. The van der Waals surface area contributed by atoms with E-state index in [9.17, 15) is 18.0 Å². The first-order chi connectivity index (χ1) is 15.4. The van der Waals surface area contributed by atoms with E-state index in [1.807, 2.05) is 0 Å². The zero-order valence-electron chi connectivity index (χ0n) is 16.9. The van der Waals surface area contributed by atoms with Crippen molar-refractivity contribution in [3.63, 3.8) is 0 Å². The van der Waals surface area contributed by atoms with Crippen molar-refractivity contribution in [2.24, 2.45) is 0 Å². The molecule has 1 amide bonds. The molecule has 0 saturated carbocycles. The van der Waals surface area contributed by atoms with Gasteiger partial charge in [0.05, 0.1) is 5.69 Å². The zero-order valence-corrected chi connectivity index (χ0v) is 17.7. The quantitative estimate of drug-likeness (QED) is 0.368. The van der Waals surface area contributed by atoms with Gasteiger partial charge in [0.25, 0.3) is 5.91 Å². The van der Waals surface area contributed by atoms with Gasteiger partial charge in [0, 0.05) is 16.5 Å². The summed E-state index contributed by atoms with van der Waals surface area (Å²) in [4.78, 5) is 16.8. The van der Waals surface area contributed by atoms with Gasteiger partial charge in [0.2, 0.25) is 0 Å². The minimum atomic E-state index is -0.553. The largest absolute Gasteiger partial charge is 0.489 e. The summed E-state index contributed by atoms with van der Waals surface area (Å²) in [6.45, 7) is 1.66. The van der Waals surface area contributed by atoms with Gasteiger partial charge in [0.1, 0.15) is 40.5 Å². The van der Waals surface area contributed by atoms with Crippen LogP contribution in [0.1, 0.15) is 21.6 Å². The maximum atomic E-state index is 13.9. The second-order valence-corrected chi connectivity index (χ2v) is 7.89. The number of nitrogens with zero attached hydrogens (tertiary/aromatic N) is 1. The van der Waals surface area contributed by atoms with E-state index < -0.39 is 23.4 Å². The number of thiazole rings is 1. The Morgan fingerprint density at radius 1 is 1.03 bits per heavy atom. The van der Waals surface area contributed by atoms with Crippen LogP contribution in [0.25, 0.3) is 10.6 Å². The number of aryl methyl sites for hydroxylation is 1. The molecule has 4 rings (SSSR count). The number of carbonyl (C=O) groups excluding carboxylic acids is 1. The normalized spacial score (nSPS) is 10.8. The molecule has 1 aromatic heterocycles. The van der Waals surface area contributed by atoms with Crippen LogP contribution in [0.4, 0.5) is 18.9 Å². The van der Waals surface area contributed by atoms with Crippen molar-refractivity contribution >= 4 is 22.9 Å². The average molecular weight is 454 g/mol. The molecular formula is C24H17F3N2O2S. The predicted molar refractivity (Wildman–Crippen MR) is 117 cm³/mol. The lowest BCUT2D eigenvalue weighted by Gasteiger charge is -2.08. The third kappa shape index (κ3) is 4.97. The van der Waals surface area contributed by atoms with Crippen LogP contribution in [0.5, 0.6) is 5.75 Å². The summed E-state index contributed by atoms with van der Waals surface area (Å²) in [5.74, 6) is -1.71. The molecular weight excluding hydrogens is 437 g/mol. The lowest BCUT2D eigenvalue weighted by Crippen LogP contribution is -2.13. The Bertz CT molecular complexity index is 1290. The van der Waals surface area contributed by atoms with E-state index in [1.165, 1.54) is 17.4 Å². The van der Waals surface area contributed by atoms with Gasteiger partial charge in [-0.15, -0.1) is 11.3 Å². The first-order valence-corrected chi connectivity index (χ1v) is 10.5. The van der Waals surface area contributed by atoms with Crippen LogP contribution in [-0.2, 0) is 6.61 Å². The van der Waals surface area contributed by atoms with Crippen molar-refractivity contribution in [1.82, 2.24) is 4.98 Å². The fraction of sp³-hybridized carbons (Fsp3) is 0.0833. The average Bonchev–Trinajstić information content (AvgIpc) is 3.28. The Morgan fingerprint density at radius 3 is 2.69 bits per heavy atom. The van der Waals surface area contributed by atoms with Crippen molar-refractivity contribution in [2.45, 2.75) is 13.5 Å². The van der Waals surface area contributed by atoms with E-state index in [0.717, 1.165) is 23.8 Å².